The fraction of sp³-hybridized carbons (Fsp3) is 0.278. The zero-order valence-electron chi connectivity index (χ0n) is 13.8. The molecule has 0 aliphatic carbocycles. The number of nitrogens with zero attached hydrogens (tertiary/aromatic N) is 3. The number of esters is 1. The number of methoxy groups -OCH3 is 1. The average Bonchev–Trinajstić information content (AvgIpc) is 3.11. The number of carbonyl (C=O) groups excluding carboxylic acids is 1. The van der Waals surface area contributed by atoms with Crippen LogP contribution >= 0.6 is 11.3 Å². The summed E-state index contributed by atoms with van der Waals surface area (Å²) in [5.41, 5.74) is 1.65. The first-order valence-corrected chi connectivity index (χ1v) is 8.63. The van der Waals surface area contributed by atoms with E-state index in [1.807, 2.05) is 36.4 Å². The van der Waals surface area contributed by atoms with E-state index in [4.69, 9.17) is 9.72 Å². The number of thiazole rings is 1. The molecule has 0 radical (unpaired) electrons. The standard InChI is InChI=1S/C18H17N3O3S/c1-23-17(22)14(12-19)11-15-16(13-5-3-2-4-6-13)20-18(25-15)21-7-9-24-10-8-21/h2-6,11H,7-10H2,1H3/b14-11+. The van der Waals surface area contributed by atoms with Crippen molar-refractivity contribution in [2.24, 2.45) is 0 Å². The zero-order chi connectivity index (χ0) is 17.6. The number of benzene rings is 1. The summed E-state index contributed by atoms with van der Waals surface area (Å²) in [6.45, 7) is 2.87. The van der Waals surface area contributed by atoms with Crippen molar-refractivity contribution in [1.29, 1.82) is 5.26 Å². The Bertz CT molecular complexity index is 818. The van der Waals surface area contributed by atoms with Crippen molar-refractivity contribution in [1.82, 2.24) is 4.98 Å². The molecule has 2 aromatic rings. The van der Waals surface area contributed by atoms with Crippen LogP contribution in [0.3, 0.4) is 0 Å². The second kappa shape index (κ2) is 7.92. The summed E-state index contributed by atoms with van der Waals surface area (Å²) in [4.78, 5) is 19.4. The predicted octanol–water partition coefficient (Wildman–Crippen LogP) is 2.73. The molecule has 1 aromatic heterocycles. The van der Waals surface area contributed by atoms with Gasteiger partial charge in [0.1, 0.15) is 11.6 Å². The molecule has 0 N–H and O–H groups in total. The summed E-state index contributed by atoms with van der Waals surface area (Å²) in [6, 6.07) is 11.6. The van der Waals surface area contributed by atoms with Gasteiger partial charge in [-0.25, -0.2) is 9.78 Å². The Labute approximate surface area is 149 Å². The monoisotopic (exact) mass is 355 g/mol. The predicted molar refractivity (Wildman–Crippen MR) is 96.2 cm³/mol. The maximum absolute atomic E-state index is 11.7. The third-order valence-corrected chi connectivity index (χ3v) is 4.84. The normalized spacial score (nSPS) is 14.9. The molecule has 0 atom stereocenters. The van der Waals surface area contributed by atoms with Crippen LogP contribution in [0.5, 0.6) is 0 Å². The zero-order valence-corrected chi connectivity index (χ0v) is 14.6. The van der Waals surface area contributed by atoms with Crippen LogP contribution in [0.1, 0.15) is 4.88 Å². The van der Waals surface area contributed by atoms with Gasteiger partial charge in [-0.1, -0.05) is 41.7 Å². The smallest absolute Gasteiger partial charge is 0.348 e. The average molecular weight is 355 g/mol. The van der Waals surface area contributed by atoms with Crippen molar-refractivity contribution in [3.8, 4) is 17.3 Å². The molecule has 6 nitrogen and oxygen atoms in total. The summed E-state index contributed by atoms with van der Waals surface area (Å²) in [5, 5.41) is 10.1. The lowest BCUT2D eigenvalue weighted by Crippen LogP contribution is -2.36. The van der Waals surface area contributed by atoms with Crippen LogP contribution in [-0.4, -0.2) is 44.4 Å². The largest absolute Gasteiger partial charge is 0.465 e. The SMILES string of the molecule is COC(=O)/C(C#N)=C/c1sc(N2CCOCC2)nc1-c1ccccc1. The lowest BCUT2D eigenvalue weighted by molar-refractivity contribution is -0.135. The topological polar surface area (TPSA) is 75.5 Å². The highest BCUT2D eigenvalue weighted by Crippen LogP contribution is 2.35. The number of nitriles is 1. The Morgan fingerprint density at radius 1 is 1.36 bits per heavy atom. The molecule has 1 saturated heterocycles. The highest BCUT2D eigenvalue weighted by molar-refractivity contribution is 7.17. The third-order valence-electron chi connectivity index (χ3n) is 3.77. The molecule has 0 saturated carbocycles. The van der Waals surface area contributed by atoms with Gasteiger partial charge in [0.2, 0.25) is 0 Å². The highest BCUT2D eigenvalue weighted by Gasteiger charge is 2.20. The summed E-state index contributed by atoms with van der Waals surface area (Å²) in [6.07, 6.45) is 1.55. The second-order valence-corrected chi connectivity index (χ2v) is 6.35. The van der Waals surface area contributed by atoms with E-state index in [0.717, 1.165) is 34.4 Å². The van der Waals surface area contributed by atoms with Crippen molar-refractivity contribution < 1.29 is 14.3 Å². The van der Waals surface area contributed by atoms with Crippen molar-refractivity contribution in [2.45, 2.75) is 0 Å². The van der Waals surface area contributed by atoms with E-state index >= 15 is 0 Å². The lowest BCUT2D eigenvalue weighted by Gasteiger charge is -2.26. The number of hydrogen-bond acceptors (Lipinski definition) is 7. The van der Waals surface area contributed by atoms with Gasteiger partial charge < -0.3 is 14.4 Å². The van der Waals surface area contributed by atoms with Gasteiger partial charge in [-0.3, -0.25) is 0 Å². The van der Waals surface area contributed by atoms with E-state index in [9.17, 15) is 10.1 Å². The molecule has 7 heteroatoms. The minimum atomic E-state index is -0.650. The molecule has 1 aromatic carbocycles. The Hall–Kier alpha value is -2.69. The number of carbonyl (C=O) groups is 1. The first-order chi connectivity index (χ1) is 12.2. The van der Waals surface area contributed by atoms with E-state index in [0.29, 0.717) is 13.2 Å². The first kappa shape index (κ1) is 17.1. The molecule has 0 bridgehead atoms. The number of morpholine rings is 1. The van der Waals surface area contributed by atoms with Gasteiger partial charge in [-0.15, -0.1) is 0 Å². The number of anilines is 1. The van der Waals surface area contributed by atoms with E-state index < -0.39 is 5.97 Å². The molecule has 25 heavy (non-hydrogen) atoms. The maximum Gasteiger partial charge on any atom is 0.348 e. The fourth-order valence-corrected chi connectivity index (χ4v) is 3.57. The van der Waals surface area contributed by atoms with Gasteiger partial charge in [0.05, 0.1) is 30.9 Å². The van der Waals surface area contributed by atoms with Gasteiger partial charge in [0.25, 0.3) is 0 Å². The van der Waals surface area contributed by atoms with Crippen molar-refractivity contribution in [3.05, 3.63) is 40.8 Å². The van der Waals surface area contributed by atoms with Crippen LogP contribution in [0.25, 0.3) is 17.3 Å². The molecule has 0 amide bonds. The Balaban J connectivity index is 2.05. The quantitative estimate of drug-likeness (QED) is 0.477. The summed E-state index contributed by atoms with van der Waals surface area (Å²) < 4.78 is 10.1. The number of aromatic nitrogens is 1. The van der Waals surface area contributed by atoms with Crippen LogP contribution in [0, 0.1) is 11.3 Å². The molecule has 128 valence electrons. The van der Waals surface area contributed by atoms with Gasteiger partial charge in [0, 0.05) is 18.7 Å². The maximum atomic E-state index is 11.7. The van der Waals surface area contributed by atoms with Gasteiger partial charge >= 0.3 is 5.97 Å². The second-order valence-electron chi connectivity index (χ2n) is 5.34. The number of ether oxygens (including phenoxy) is 2. The molecule has 1 fully saturated rings. The lowest BCUT2D eigenvalue weighted by atomic mass is 10.1. The van der Waals surface area contributed by atoms with Crippen molar-refractivity contribution >= 4 is 28.5 Å². The molecule has 0 spiro atoms. The van der Waals surface area contributed by atoms with Crippen LogP contribution in [0.4, 0.5) is 5.13 Å². The van der Waals surface area contributed by atoms with Gasteiger partial charge in [-0.2, -0.15) is 5.26 Å². The van der Waals surface area contributed by atoms with Crippen molar-refractivity contribution in [2.75, 3.05) is 38.3 Å². The summed E-state index contributed by atoms with van der Waals surface area (Å²) in [7, 11) is 1.26. The van der Waals surface area contributed by atoms with E-state index in [-0.39, 0.29) is 5.57 Å². The third kappa shape index (κ3) is 3.87. The summed E-state index contributed by atoms with van der Waals surface area (Å²) >= 11 is 1.46. The molecule has 1 aliphatic heterocycles. The first-order valence-electron chi connectivity index (χ1n) is 7.82. The molecule has 3 rings (SSSR count). The van der Waals surface area contributed by atoms with Gasteiger partial charge in [-0.05, 0) is 6.08 Å². The minimum absolute atomic E-state index is 0.0446. The fourth-order valence-electron chi connectivity index (χ4n) is 2.49. The van der Waals surface area contributed by atoms with E-state index in [2.05, 4.69) is 9.64 Å². The van der Waals surface area contributed by atoms with Crippen LogP contribution in [0.2, 0.25) is 0 Å². The Morgan fingerprint density at radius 3 is 2.72 bits per heavy atom. The van der Waals surface area contributed by atoms with E-state index in [1.54, 1.807) is 6.08 Å². The van der Waals surface area contributed by atoms with Crippen LogP contribution < -0.4 is 4.90 Å². The summed E-state index contributed by atoms with van der Waals surface area (Å²) in [5.74, 6) is -0.650. The molecule has 2 heterocycles. The molecule has 0 unspecified atom stereocenters. The van der Waals surface area contributed by atoms with Crippen LogP contribution in [-0.2, 0) is 14.3 Å². The Morgan fingerprint density at radius 2 is 2.08 bits per heavy atom. The molecule has 1 aliphatic rings. The minimum Gasteiger partial charge on any atom is -0.465 e. The molecular weight excluding hydrogens is 338 g/mol. The van der Waals surface area contributed by atoms with Crippen LogP contribution in [0.15, 0.2) is 35.9 Å². The number of hydrogen-bond donors (Lipinski definition) is 0. The highest BCUT2D eigenvalue weighted by atomic mass is 32.1. The number of rotatable bonds is 4. The molecular formula is C18H17N3O3S. The van der Waals surface area contributed by atoms with Crippen molar-refractivity contribution in [3.63, 3.8) is 0 Å². The van der Waals surface area contributed by atoms with Gasteiger partial charge in [0.15, 0.2) is 5.13 Å². The Kier molecular flexibility index (Phi) is 5.43. The van der Waals surface area contributed by atoms with E-state index in [1.165, 1.54) is 18.4 Å².